The fourth-order valence-electron chi connectivity index (χ4n) is 8.31. The van der Waals surface area contributed by atoms with Crippen LogP contribution in [-0.4, -0.2) is 49.5 Å². The number of likely N-dealkylation sites (tertiary alicyclic amines) is 1. The molecule has 1 unspecified atom stereocenters. The first-order valence-corrected chi connectivity index (χ1v) is 14.0. The Bertz CT molecular complexity index is 1190. The molecular weight excluding hydrogens is 446 g/mol. The van der Waals surface area contributed by atoms with Crippen LogP contribution in [0.3, 0.4) is 0 Å². The van der Waals surface area contributed by atoms with E-state index in [-0.39, 0.29) is 22.5 Å². The van der Waals surface area contributed by atoms with Crippen molar-refractivity contribution >= 4 is 6.08 Å². The van der Waals surface area contributed by atoms with Gasteiger partial charge in [0.1, 0.15) is 6.10 Å². The Morgan fingerprint density at radius 2 is 1.89 bits per heavy atom. The van der Waals surface area contributed by atoms with Crippen molar-refractivity contribution in [3.8, 4) is 11.5 Å². The number of hydrogen-bond acceptors (Lipinski definition) is 4. The molecule has 2 aromatic rings. The Labute approximate surface area is 215 Å². The van der Waals surface area contributed by atoms with Crippen molar-refractivity contribution in [3.05, 3.63) is 65.2 Å². The molecule has 4 atom stereocenters. The van der Waals surface area contributed by atoms with E-state index in [2.05, 4.69) is 73.4 Å². The predicted octanol–water partition coefficient (Wildman–Crippen LogP) is 6.02. The molecule has 1 spiro atoms. The Kier molecular flexibility index (Phi) is 5.14. The van der Waals surface area contributed by atoms with Gasteiger partial charge in [-0.3, -0.25) is 4.90 Å². The number of ether oxygens (including phenoxy) is 3. The van der Waals surface area contributed by atoms with E-state index >= 15 is 0 Å². The van der Waals surface area contributed by atoms with E-state index in [0.29, 0.717) is 12.6 Å². The maximum Gasteiger partial charge on any atom is 0.165 e. The Balaban J connectivity index is 1.34. The molecule has 2 aliphatic heterocycles. The van der Waals surface area contributed by atoms with E-state index in [1.54, 1.807) is 7.11 Å². The molecule has 3 aliphatic carbocycles. The zero-order valence-electron chi connectivity index (χ0n) is 22.0. The predicted molar refractivity (Wildman–Crippen MR) is 143 cm³/mol. The monoisotopic (exact) mass is 485 g/mol. The van der Waals surface area contributed by atoms with Gasteiger partial charge >= 0.3 is 0 Å². The summed E-state index contributed by atoms with van der Waals surface area (Å²) in [5.41, 5.74) is 3.79. The summed E-state index contributed by atoms with van der Waals surface area (Å²) < 4.78 is 20.1. The molecule has 0 amide bonds. The molecule has 1 saturated heterocycles. The summed E-state index contributed by atoms with van der Waals surface area (Å²) in [6.07, 6.45) is 11.6. The number of hydrogen-bond donors (Lipinski definition) is 0. The van der Waals surface area contributed by atoms with E-state index in [0.717, 1.165) is 49.6 Å². The van der Waals surface area contributed by atoms with E-state index in [9.17, 15) is 0 Å². The molecule has 2 heterocycles. The first-order chi connectivity index (χ1) is 17.5. The summed E-state index contributed by atoms with van der Waals surface area (Å²) in [6, 6.07) is 15.4. The molecule has 3 fully saturated rings. The summed E-state index contributed by atoms with van der Waals surface area (Å²) in [7, 11) is 1.77. The Morgan fingerprint density at radius 1 is 1.06 bits per heavy atom. The van der Waals surface area contributed by atoms with E-state index in [4.69, 9.17) is 14.2 Å². The fourth-order valence-corrected chi connectivity index (χ4v) is 8.31. The summed E-state index contributed by atoms with van der Waals surface area (Å²) >= 11 is 0. The highest BCUT2D eigenvalue weighted by Crippen LogP contribution is 2.69. The number of benzene rings is 2. The average molecular weight is 486 g/mol. The van der Waals surface area contributed by atoms with Gasteiger partial charge < -0.3 is 14.2 Å². The van der Waals surface area contributed by atoms with Crippen molar-refractivity contribution in [2.24, 2.45) is 11.3 Å². The van der Waals surface area contributed by atoms with E-state index < -0.39 is 0 Å². The van der Waals surface area contributed by atoms with Crippen molar-refractivity contribution in [3.63, 3.8) is 0 Å². The molecule has 2 saturated carbocycles. The zero-order chi connectivity index (χ0) is 24.5. The molecule has 5 aliphatic rings. The summed E-state index contributed by atoms with van der Waals surface area (Å²) in [4.78, 5) is 2.81. The minimum absolute atomic E-state index is 0.0780. The summed E-state index contributed by atoms with van der Waals surface area (Å²) in [5, 5.41) is 0. The molecule has 4 nitrogen and oxygen atoms in total. The van der Waals surface area contributed by atoms with E-state index in [1.807, 2.05) is 0 Å². The van der Waals surface area contributed by atoms with Gasteiger partial charge in [0.25, 0.3) is 0 Å². The maximum absolute atomic E-state index is 7.26. The SMILES string of the molecule is COc1ccc2c3c1O[C@H]1C(C)(C)CC[C@@]4(OC/C=C/c5ccccc5)C(C2)N(CC2CC2)CC[C@]314. The van der Waals surface area contributed by atoms with Crippen molar-refractivity contribution in [2.75, 3.05) is 26.8 Å². The second-order valence-electron chi connectivity index (χ2n) is 12.5. The molecule has 36 heavy (non-hydrogen) atoms. The minimum atomic E-state index is -0.244. The van der Waals surface area contributed by atoms with Crippen LogP contribution >= 0.6 is 0 Å². The summed E-state index contributed by atoms with van der Waals surface area (Å²) in [6.45, 7) is 7.80. The molecule has 0 aromatic heterocycles. The molecule has 4 heteroatoms. The van der Waals surface area contributed by atoms with Gasteiger partial charge in [-0.25, -0.2) is 0 Å². The lowest BCUT2D eigenvalue weighted by Gasteiger charge is -2.67. The van der Waals surface area contributed by atoms with Gasteiger partial charge in [0.15, 0.2) is 11.5 Å². The second-order valence-corrected chi connectivity index (χ2v) is 12.5. The average Bonchev–Trinajstić information content (AvgIpc) is 3.63. The molecule has 2 bridgehead atoms. The molecule has 7 rings (SSSR count). The first-order valence-electron chi connectivity index (χ1n) is 14.0. The van der Waals surface area contributed by atoms with Crippen molar-refractivity contribution in [1.29, 1.82) is 0 Å². The lowest BCUT2D eigenvalue weighted by Crippen LogP contribution is -2.78. The maximum atomic E-state index is 7.26. The highest BCUT2D eigenvalue weighted by Gasteiger charge is 2.75. The third-order valence-electron chi connectivity index (χ3n) is 10.1. The third-order valence-corrected chi connectivity index (χ3v) is 10.1. The number of methoxy groups -OCH3 is 1. The van der Waals surface area contributed by atoms with Gasteiger partial charge in [0.05, 0.1) is 24.7 Å². The molecule has 0 radical (unpaired) electrons. The molecule has 2 aromatic carbocycles. The van der Waals surface area contributed by atoms with Crippen molar-refractivity contribution < 1.29 is 14.2 Å². The standard InChI is InChI=1S/C32H39NO3/c1-30(2)15-16-32(35-19-7-10-22-8-5-4-6-9-22)26-20-24-13-14-25(34-3)28-27(24)31(32,29(30)36-28)17-18-33(26)21-23-11-12-23/h4-10,13-14,23,26,29H,11-12,15-21H2,1-3H3/b10-7+/t26?,29-,31-,32+/m0/s1. The van der Waals surface area contributed by atoms with Crippen molar-refractivity contribution in [2.45, 2.75) is 75.5 Å². The van der Waals surface area contributed by atoms with E-state index in [1.165, 1.54) is 36.1 Å². The largest absolute Gasteiger partial charge is 0.493 e. The number of rotatable bonds is 7. The summed E-state index contributed by atoms with van der Waals surface area (Å²) in [5.74, 6) is 2.75. The molecule has 0 N–H and O–H groups in total. The van der Waals surface area contributed by atoms with Crippen LogP contribution in [0.25, 0.3) is 6.08 Å². The lowest BCUT2D eigenvalue weighted by atomic mass is 9.45. The fraction of sp³-hybridized carbons (Fsp3) is 0.562. The van der Waals surface area contributed by atoms with Gasteiger partial charge in [0, 0.05) is 23.6 Å². The van der Waals surface area contributed by atoms with Crippen LogP contribution in [0.1, 0.15) is 62.6 Å². The number of nitrogens with zero attached hydrogens (tertiary/aromatic N) is 1. The molecule has 190 valence electrons. The van der Waals surface area contributed by atoms with Crippen LogP contribution in [0.4, 0.5) is 0 Å². The van der Waals surface area contributed by atoms with Crippen LogP contribution in [0.5, 0.6) is 11.5 Å². The normalized spacial score (nSPS) is 33.9. The van der Waals surface area contributed by atoms with Crippen molar-refractivity contribution in [1.82, 2.24) is 4.90 Å². The van der Waals surface area contributed by atoms with Crippen LogP contribution in [0.15, 0.2) is 48.5 Å². The van der Waals surface area contributed by atoms with Crippen LogP contribution in [0, 0.1) is 11.3 Å². The smallest absolute Gasteiger partial charge is 0.165 e. The Hall–Kier alpha value is -2.30. The number of piperidine rings is 1. The first kappa shape index (κ1) is 22.9. The third kappa shape index (κ3) is 3.13. The second kappa shape index (κ2) is 8.10. The van der Waals surface area contributed by atoms with Crippen LogP contribution in [-0.2, 0) is 16.6 Å². The Morgan fingerprint density at radius 3 is 2.67 bits per heavy atom. The topological polar surface area (TPSA) is 30.9 Å². The van der Waals surface area contributed by atoms with Crippen LogP contribution < -0.4 is 9.47 Å². The van der Waals surface area contributed by atoms with Crippen LogP contribution in [0.2, 0.25) is 0 Å². The minimum Gasteiger partial charge on any atom is -0.493 e. The van der Waals surface area contributed by atoms with Gasteiger partial charge in [-0.1, -0.05) is 62.4 Å². The quantitative estimate of drug-likeness (QED) is 0.480. The highest BCUT2D eigenvalue weighted by molar-refractivity contribution is 5.63. The molecular formula is C32H39NO3. The highest BCUT2D eigenvalue weighted by atomic mass is 16.5. The van der Waals surface area contributed by atoms with Gasteiger partial charge in [-0.2, -0.15) is 0 Å². The lowest BCUT2D eigenvalue weighted by molar-refractivity contribution is -0.232. The van der Waals surface area contributed by atoms with Gasteiger partial charge in [-0.15, -0.1) is 0 Å². The van der Waals surface area contributed by atoms with Gasteiger partial charge in [0.2, 0.25) is 0 Å². The van der Waals surface area contributed by atoms with Gasteiger partial charge in [-0.05, 0) is 68.2 Å². The zero-order valence-corrected chi connectivity index (χ0v) is 22.0.